The van der Waals surface area contributed by atoms with Crippen LogP contribution in [0.4, 0.5) is 0 Å². The van der Waals surface area contributed by atoms with Gasteiger partial charge in [-0.1, -0.05) is 13.3 Å². The number of methoxy groups -OCH3 is 2. The Balaban J connectivity index is 3.11. The highest BCUT2D eigenvalue weighted by Gasteiger charge is 2.22. The van der Waals surface area contributed by atoms with E-state index in [0.717, 1.165) is 12.8 Å². The van der Waals surface area contributed by atoms with Crippen LogP contribution < -0.4 is 14.2 Å². The lowest BCUT2D eigenvalue weighted by Crippen LogP contribution is -2.32. The second kappa shape index (κ2) is 6.77. The highest BCUT2D eigenvalue weighted by Crippen LogP contribution is 2.28. The lowest BCUT2D eigenvalue weighted by Gasteiger charge is -2.15. The maximum absolute atomic E-state index is 12.3. The van der Waals surface area contributed by atoms with Gasteiger partial charge in [-0.15, -0.1) is 0 Å². The molecule has 5 nitrogen and oxygen atoms in total. The molecule has 0 spiro atoms. The smallest absolute Gasteiger partial charge is 0.244 e. The van der Waals surface area contributed by atoms with Crippen LogP contribution in [0.25, 0.3) is 0 Å². The third-order valence-corrected chi connectivity index (χ3v) is 4.35. The molecular weight excluding hydrogens is 266 g/mol. The molecule has 1 aromatic rings. The average molecular weight is 287 g/mol. The largest absolute Gasteiger partial charge is 0.497 e. The van der Waals surface area contributed by atoms with E-state index in [9.17, 15) is 8.42 Å². The average Bonchev–Trinajstić information content (AvgIpc) is 2.37. The zero-order valence-corrected chi connectivity index (χ0v) is 12.6. The van der Waals surface area contributed by atoms with Crippen molar-refractivity contribution in [2.75, 3.05) is 14.2 Å². The van der Waals surface area contributed by atoms with E-state index in [2.05, 4.69) is 4.72 Å². The molecule has 0 aliphatic heterocycles. The van der Waals surface area contributed by atoms with Gasteiger partial charge in [0.25, 0.3) is 0 Å². The minimum Gasteiger partial charge on any atom is -0.497 e. The van der Waals surface area contributed by atoms with Gasteiger partial charge >= 0.3 is 0 Å². The number of benzene rings is 1. The molecule has 0 aliphatic rings. The van der Waals surface area contributed by atoms with E-state index in [1.807, 2.05) is 13.8 Å². The van der Waals surface area contributed by atoms with Crippen molar-refractivity contribution >= 4 is 10.0 Å². The van der Waals surface area contributed by atoms with Gasteiger partial charge in [0.2, 0.25) is 10.0 Å². The molecule has 1 N–H and O–H groups in total. The molecule has 0 radical (unpaired) electrons. The van der Waals surface area contributed by atoms with E-state index in [0.29, 0.717) is 11.5 Å². The molecule has 6 heteroatoms. The van der Waals surface area contributed by atoms with Crippen molar-refractivity contribution in [1.29, 1.82) is 0 Å². The molecule has 0 fully saturated rings. The van der Waals surface area contributed by atoms with E-state index in [1.54, 1.807) is 12.1 Å². The number of rotatable bonds is 7. The zero-order valence-electron chi connectivity index (χ0n) is 11.8. The third kappa shape index (κ3) is 4.11. The van der Waals surface area contributed by atoms with Crippen molar-refractivity contribution in [2.24, 2.45) is 0 Å². The Kier molecular flexibility index (Phi) is 5.62. The first-order chi connectivity index (χ1) is 8.94. The summed E-state index contributed by atoms with van der Waals surface area (Å²) < 4.78 is 37.4. The Morgan fingerprint density at radius 1 is 1.26 bits per heavy atom. The van der Waals surface area contributed by atoms with Gasteiger partial charge in [0, 0.05) is 12.1 Å². The van der Waals surface area contributed by atoms with Crippen LogP contribution >= 0.6 is 0 Å². The predicted octanol–water partition coefficient (Wildman–Crippen LogP) is 2.17. The zero-order chi connectivity index (χ0) is 14.5. The molecule has 1 rings (SSSR count). The van der Waals surface area contributed by atoms with E-state index < -0.39 is 10.0 Å². The fourth-order valence-electron chi connectivity index (χ4n) is 1.81. The quantitative estimate of drug-likeness (QED) is 0.834. The molecule has 0 saturated heterocycles. The summed E-state index contributed by atoms with van der Waals surface area (Å²) in [6, 6.07) is 4.58. The van der Waals surface area contributed by atoms with Gasteiger partial charge < -0.3 is 9.47 Å². The monoisotopic (exact) mass is 287 g/mol. The topological polar surface area (TPSA) is 64.6 Å². The first-order valence-corrected chi connectivity index (χ1v) is 7.67. The van der Waals surface area contributed by atoms with E-state index in [-0.39, 0.29) is 10.9 Å². The van der Waals surface area contributed by atoms with E-state index >= 15 is 0 Å². The Morgan fingerprint density at radius 3 is 2.47 bits per heavy atom. The summed E-state index contributed by atoms with van der Waals surface area (Å²) in [7, 11) is -0.680. The minimum absolute atomic E-state index is 0.0947. The van der Waals surface area contributed by atoms with Crippen molar-refractivity contribution in [3.8, 4) is 11.5 Å². The normalized spacial score (nSPS) is 13.1. The van der Waals surface area contributed by atoms with Crippen LogP contribution in [-0.2, 0) is 10.0 Å². The van der Waals surface area contributed by atoms with Crippen LogP contribution in [0.1, 0.15) is 26.7 Å². The van der Waals surface area contributed by atoms with E-state index in [4.69, 9.17) is 9.47 Å². The SMILES string of the molecule is CCC[C@H](C)NS(=O)(=O)c1cc(OC)ccc1OC. The van der Waals surface area contributed by atoms with E-state index in [1.165, 1.54) is 20.3 Å². The van der Waals surface area contributed by atoms with Gasteiger partial charge in [-0.05, 0) is 25.5 Å². The second-order valence-electron chi connectivity index (χ2n) is 4.33. The standard InChI is InChI=1S/C13H21NO4S/c1-5-6-10(2)14-19(15,16)13-9-11(17-3)7-8-12(13)18-4/h7-10,14H,5-6H2,1-4H3/t10-/m0/s1. The Bertz CT molecular complexity index is 513. The van der Waals surface area contributed by atoms with Crippen molar-refractivity contribution in [1.82, 2.24) is 4.72 Å². The van der Waals surface area contributed by atoms with Crippen LogP contribution in [0.3, 0.4) is 0 Å². The van der Waals surface area contributed by atoms with Gasteiger partial charge in [0.1, 0.15) is 16.4 Å². The fraction of sp³-hybridized carbons (Fsp3) is 0.538. The van der Waals surface area contributed by atoms with Crippen molar-refractivity contribution in [3.05, 3.63) is 18.2 Å². The number of hydrogen-bond donors (Lipinski definition) is 1. The Morgan fingerprint density at radius 2 is 1.95 bits per heavy atom. The fourth-order valence-corrected chi connectivity index (χ4v) is 3.28. The predicted molar refractivity (Wildman–Crippen MR) is 74.2 cm³/mol. The molecule has 0 unspecified atom stereocenters. The molecule has 1 atom stereocenters. The van der Waals surface area contributed by atoms with Crippen LogP contribution in [0.15, 0.2) is 23.1 Å². The number of ether oxygens (including phenoxy) is 2. The minimum atomic E-state index is -3.61. The molecule has 0 bridgehead atoms. The lowest BCUT2D eigenvalue weighted by atomic mass is 10.2. The summed E-state index contributed by atoms with van der Waals surface area (Å²) in [5.41, 5.74) is 0. The van der Waals surface area contributed by atoms with Crippen LogP contribution in [0, 0.1) is 0 Å². The molecule has 19 heavy (non-hydrogen) atoms. The maximum atomic E-state index is 12.3. The van der Waals surface area contributed by atoms with Crippen LogP contribution in [0.2, 0.25) is 0 Å². The molecule has 0 aliphatic carbocycles. The molecule has 0 heterocycles. The molecule has 0 saturated carbocycles. The van der Waals surface area contributed by atoms with Gasteiger partial charge in [-0.2, -0.15) is 0 Å². The summed E-state index contributed by atoms with van der Waals surface area (Å²) in [4.78, 5) is 0.0947. The Hall–Kier alpha value is -1.27. The van der Waals surface area contributed by atoms with Gasteiger partial charge in [0.15, 0.2) is 0 Å². The van der Waals surface area contributed by atoms with Crippen molar-refractivity contribution in [3.63, 3.8) is 0 Å². The third-order valence-electron chi connectivity index (χ3n) is 2.74. The molecule has 1 aromatic carbocycles. The molecule has 108 valence electrons. The van der Waals surface area contributed by atoms with Crippen LogP contribution in [0.5, 0.6) is 11.5 Å². The summed E-state index contributed by atoms with van der Waals surface area (Å²) in [5, 5.41) is 0. The number of hydrogen-bond acceptors (Lipinski definition) is 4. The number of nitrogens with one attached hydrogen (secondary N) is 1. The van der Waals surface area contributed by atoms with Gasteiger partial charge in [-0.3, -0.25) is 0 Å². The molecule has 0 aromatic heterocycles. The van der Waals surface area contributed by atoms with Gasteiger partial charge in [-0.25, -0.2) is 13.1 Å². The second-order valence-corrected chi connectivity index (χ2v) is 6.01. The summed E-state index contributed by atoms with van der Waals surface area (Å²) in [6.45, 7) is 3.85. The number of sulfonamides is 1. The van der Waals surface area contributed by atoms with Crippen molar-refractivity contribution in [2.45, 2.75) is 37.6 Å². The van der Waals surface area contributed by atoms with Crippen molar-refractivity contribution < 1.29 is 17.9 Å². The summed E-state index contributed by atoms with van der Waals surface area (Å²) in [6.07, 6.45) is 1.70. The summed E-state index contributed by atoms with van der Waals surface area (Å²) >= 11 is 0. The molecule has 0 amide bonds. The van der Waals surface area contributed by atoms with Gasteiger partial charge in [0.05, 0.1) is 14.2 Å². The molecular formula is C13H21NO4S. The summed E-state index contributed by atoms with van der Waals surface area (Å²) in [5.74, 6) is 0.779. The maximum Gasteiger partial charge on any atom is 0.244 e. The first kappa shape index (κ1) is 15.8. The highest BCUT2D eigenvalue weighted by atomic mass is 32.2. The highest BCUT2D eigenvalue weighted by molar-refractivity contribution is 7.89. The first-order valence-electron chi connectivity index (χ1n) is 6.19. The van der Waals surface area contributed by atoms with Crippen LogP contribution in [-0.4, -0.2) is 28.7 Å². The Labute approximate surface area is 115 Å². The lowest BCUT2D eigenvalue weighted by molar-refractivity contribution is 0.391.